The first-order valence-corrected chi connectivity index (χ1v) is 18.2. The Balaban J connectivity index is 0.992. The molecular formula is C41H47N5O3. The second kappa shape index (κ2) is 13.6. The maximum atomic E-state index is 12.9. The Bertz CT molecular complexity index is 1850. The first-order valence-electron chi connectivity index (χ1n) is 18.2. The molecule has 1 aliphatic heterocycles. The van der Waals surface area contributed by atoms with Crippen molar-refractivity contribution in [1.82, 2.24) is 19.5 Å². The van der Waals surface area contributed by atoms with Crippen LogP contribution >= 0.6 is 0 Å². The zero-order chi connectivity index (χ0) is 33.4. The van der Waals surface area contributed by atoms with E-state index in [2.05, 4.69) is 71.0 Å². The van der Waals surface area contributed by atoms with Gasteiger partial charge in [-0.3, -0.25) is 9.69 Å². The molecule has 5 aliphatic rings. The second-order valence-corrected chi connectivity index (χ2v) is 15.1. The number of benzene rings is 2. The second-order valence-electron chi connectivity index (χ2n) is 15.1. The molecule has 4 aliphatic carbocycles. The first-order chi connectivity index (χ1) is 23.9. The topological polar surface area (TPSA) is 83.2 Å². The minimum absolute atomic E-state index is 0.0391. The van der Waals surface area contributed by atoms with Gasteiger partial charge < -0.3 is 14.7 Å². The molecule has 0 spiro atoms. The predicted octanol–water partition coefficient (Wildman–Crippen LogP) is 6.38. The van der Waals surface area contributed by atoms with Crippen LogP contribution in [-0.4, -0.2) is 76.5 Å². The summed E-state index contributed by atoms with van der Waals surface area (Å²) >= 11 is 0. The number of piperazine rings is 1. The molecule has 5 fully saturated rings. The highest BCUT2D eigenvalue weighted by atomic mass is 16.5. The summed E-state index contributed by atoms with van der Waals surface area (Å²) in [6, 6.07) is 20.7. The molecule has 4 bridgehead atoms. The van der Waals surface area contributed by atoms with E-state index < -0.39 is 0 Å². The van der Waals surface area contributed by atoms with Crippen LogP contribution in [0.2, 0.25) is 0 Å². The van der Waals surface area contributed by atoms with Crippen LogP contribution in [0.25, 0.3) is 28.0 Å². The number of carbonyl (C=O) groups is 1. The van der Waals surface area contributed by atoms with Crippen LogP contribution in [-0.2, 0) is 9.53 Å². The van der Waals surface area contributed by atoms with Crippen LogP contribution in [0.3, 0.4) is 0 Å². The summed E-state index contributed by atoms with van der Waals surface area (Å²) in [6.45, 7) is 6.72. The number of aromatic nitrogens is 3. The van der Waals surface area contributed by atoms with Gasteiger partial charge in [-0.2, -0.15) is 9.61 Å². The van der Waals surface area contributed by atoms with E-state index in [1.165, 1.54) is 38.5 Å². The number of nitrogens with zero attached hydrogens (tertiary/aromatic N) is 5. The number of hydrogen-bond donors (Lipinski definition) is 1. The van der Waals surface area contributed by atoms with Crippen LogP contribution in [0.5, 0.6) is 0 Å². The molecule has 1 N–H and O–H groups in total. The molecule has 4 saturated carbocycles. The Hall–Kier alpha value is -4.19. The van der Waals surface area contributed by atoms with Crippen molar-refractivity contribution in [1.29, 1.82) is 0 Å². The van der Waals surface area contributed by atoms with Crippen LogP contribution in [0.4, 0.5) is 5.82 Å². The van der Waals surface area contributed by atoms with E-state index in [1.54, 1.807) is 0 Å². The summed E-state index contributed by atoms with van der Waals surface area (Å²) in [5.74, 6) is 10.0. The normalized spacial score (nSPS) is 24.6. The van der Waals surface area contributed by atoms with Crippen molar-refractivity contribution in [2.45, 2.75) is 58.3 Å². The number of esters is 1. The summed E-state index contributed by atoms with van der Waals surface area (Å²) in [6.07, 6.45) is 8.94. The Morgan fingerprint density at radius 3 is 2.37 bits per heavy atom. The fraction of sp³-hybridized carbons (Fsp3) is 0.488. The third-order valence-electron chi connectivity index (χ3n) is 11.5. The minimum atomic E-state index is -0.0391. The number of fused-ring (bicyclic) bond motifs is 1. The van der Waals surface area contributed by atoms with Crippen LogP contribution in [0, 0.1) is 41.9 Å². The van der Waals surface area contributed by atoms with Crippen molar-refractivity contribution in [2.75, 3.05) is 50.8 Å². The lowest BCUT2D eigenvalue weighted by atomic mass is 9.49. The average Bonchev–Trinajstić information content (AvgIpc) is 3.43. The molecular weight excluding hydrogens is 610 g/mol. The highest BCUT2D eigenvalue weighted by molar-refractivity contribution is 5.83. The van der Waals surface area contributed by atoms with Gasteiger partial charge in [0.05, 0.1) is 24.4 Å². The number of rotatable bonds is 9. The molecule has 1 saturated heterocycles. The molecule has 49 heavy (non-hydrogen) atoms. The third kappa shape index (κ3) is 6.71. The highest BCUT2D eigenvalue weighted by Crippen LogP contribution is 2.61. The van der Waals surface area contributed by atoms with Gasteiger partial charge in [0.25, 0.3) is 0 Å². The molecule has 8 heteroatoms. The number of anilines is 1. The van der Waals surface area contributed by atoms with E-state index in [4.69, 9.17) is 14.8 Å². The number of carbonyl (C=O) groups excluding carboxylic acids is 1. The molecule has 0 amide bonds. The first kappa shape index (κ1) is 32.0. The van der Waals surface area contributed by atoms with Crippen LogP contribution in [0.15, 0.2) is 60.7 Å². The standard InChI is InChI=1S/C41H47N5O3/c1-29-39(34-10-3-2-4-11-34)40-42-36(24-37(46(40)43-29)45-15-13-44(14-16-45)17-18-47)35-12-7-9-30(23-35)8-5-6-19-49-38(48)28-41-25-31-20-32(26-41)22-33(21-31)27-41/h2-4,7,9-12,23-24,31-33,47H,6,13-22,25-28H2,1H3. The van der Waals surface area contributed by atoms with E-state index in [1.807, 2.05) is 22.7 Å². The number of hydrogen-bond acceptors (Lipinski definition) is 7. The Morgan fingerprint density at radius 2 is 1.65 bits per heavy atom. The van der Waals surface area contributed by atoms with Crippen molar-refractivity contribution in [3.05, 3.63) is 71.9 Å². The van der Waals surface area contributed by atoms with Crippen molar-refractivity contribution in [3.63, 3.8) is 0 Å². The number of aliphatic hydroxyl groups is 1. The van der Waals surface area contributed by atoms with Crippen molar-refractivity contribution in [3.8, 4) is 34.2 Å². The van der Waals surface area contributed by atoms with E-state index in [0.29, 0.717) is 26.0 Å². The highest BCUT2D eigenvalue weighted by Gasteiger charge is 2.51. The van der Waals surface area contributed by atoms with Crippen molar-refractivity contribution >= 4 is 17.4 Å². The zero-order valence-electron chi connectivity index (χ0n) is 28.6. The van der Waals surface area contributed by atoms with E-state index in [-0.39, 0.29) is 18.0 Å². The van der Waals surface area contributed by atoms with Gasteiger partial charge in [0.15, 0.2) is 5.65 Å². The summed E-state index contributed by atoms with van der Waals surface area (Å²) < 4.78 is 7.71. The van der Waals surface area contributed by atoms with Gasteiger partial charge in [0, 0.05) is 61.9 Å². The van der Waals surface area contributed by atoms with Crippen molar-refractivity contribution < 1.29 is 14.6 Å². The van der Waals surface area contributed by atoms with Gasteiger partial charge >= 0.3 is 5.97 Å². The third-order valence-corrected chi connectivity index (χ3v) is 11.5. The van der Waals surface area contributed by atoms with Crippen molar-refractivity contribution in [2.24, 2.45) is 23.2 Å². The fourth-order valence-corrected chi connectivity index (χ4v) is 9.77. The Morgan fingerprint density at radius 1 is 0.939 bits per heavy atom. The van der Waals surface area contributed by atoms with Gasteiger partial charge in [-0.15, -0.1) is 0 Å². The SMILES string of the molecule is Cc1nn2c(N3CCN(CCO)CC3)cc(-c3cccc(C#CCCOC(=O)CC45CC6CC(CC(C6)C4)C5)c3)nc2c1-c1ccccc1. The molecule has 3 heterocycles. The fourth-order valence-electron chi connectivity index (χ4n) is 9.77. The van der Waals surface area contributed by atoms with Gasteiger partial charge in [-0.05, 0) is 86.3 Å². The lowest BCUT2D eigenvalue weighted by Gasteiger charge is -2.56. The predicted molar refractivity (Wildman–Crippen MR) is 192 cm³/mol. The van der Waals surface area contributed by atoms with Crippen LogP contribution in [0.1, 0.15) is 62.6 Å². The van der Waals surface area contributed by atoms with Gasteiger partial charge in [-0.25, -0.2) is 4.98 Å². The molecule has 254 valence electrons. The maximum Gasteiger partial charge on any atom is 0.306 e. The molecule has 9 rings (SSSR count). The quantitative estimate of drug-likeness (QED) is 0.127. The summed E-state index contributed by atoms with van der Waals surface area (Å²) in [7, 11) is 0. The monoisotopic (exact) mass is 657 g/mol. The molecule has 4 aromatic rings. The Labute approximate surface area is 289 Å². The number of aliphatic hydroxyl groups excluding tert-OH is 1. The minimum Gasteiger partial charge on any atom is -0.465 e. The smallest absolute Gasteiger partial charge is 0.306 e. The Kier molecular flexibility index (Phi) is 8.90. The number of ether oxygens (including phenoxy) is 1. The molecule has 2 aromatic carbocycles. The molecule has 2 aromatic heterocycles. The van der Waals surface area contributed by atoms with Gasteiger partial charge in [-0.1, -0.05) is 54.3 Å². The van der Waals surface area contributed by atoms with Gasteiger partial charge in [0.1, 0.15) is 12.4 Å². The lowest BCUT2D eigenvalue weighted by molar-refractivity contribution is -0.151. The van der Waals surface area contributed by atoms with E-state index >= 15 is 0 Å². The zero-order valence-corrected chi connectivity index (χ0v) is 28.6. The van der Waals surface area contributed by atoms with E-state index in [0.717, 1.165) is 89.0 Å². The lowest BCUT2D eigenvalue weighted by Crippen LogP contribution is -2.47. The molecule has 8 nitrogen and oxygen atoms in total. The molecule has 0 radical (unpaired) electrons. The number of β-amino-alcohol motifs (C(OH)–C–C–N with tert-alkyl or cyclic N) is 1. The molecule has 0 atom stereocenters. The molecule has 0 unspecified atom stereocenters. The summed E-state index contributed by atoms with van der Waals surface area (Å²) in [5, 5.41) is 14.5. The summed E-state index contributed by atoms with van der Waals surface area (Å²) in [4.78, 5) is 22.7. The van der Waals surface area contributed by atoms with E-state index in [9.17, 15) is 9.90 Å². The van der Waals surface area contributed by atoms with Crippen LogP contribution < -0.4 is 4.90 Å². The van der Waals surface area contributed by atoms with Gasteiger partial charge in [0.2, 0.25) is 0 Å². The summed E-state index contributed by atoms with van der Waals surface area (Å²) in [5.41, 5.74) is 6.89. The largest absolute Gasteiger partial charge is 0.465 e. The average molecular weight is 658 g/mol. The maximum absolute atomic E-state index is 12.9. The number of aryl methyl sites for hydroxylation is 1.